The fourth-order valence-electron chi connectivity index (χ4n) is 3.41. The molecule has 0 spiro atoms. The van der Waals surface area contributed by atoms with Crippen LogP contribution in [0.2, 0.25) is 0 Å². The van der Waals surface area contributed by atoms with Gasteiger partial charge >= 0.3 is 0 Å². The molecule has 0 unspecified atom stereocenters. The number of nitrogens with one attached hydrogen (secondary N) is 2. The number of anilines is 1. The van der Waals surface area contributed by atoms with Gasteiger partial charge in [0.05, 0.1) is 18.0 Å². The molecule has 0 aliphatic heterocycles. The SMILES string of the molecule is C=CCn1c(=S)[nH]c2cc(C(=O)Nc3ccc(OC)c(OCc4cccnc4)c3)ccc2c1=O. The summed E-state index contributed by atoms with van der Waals surface area (Å²) in [5, 5.41) is 3.28. The molecule has 0 saturated heterocycles. The number of aromatic amines is 1. The predicted molar refractivity (Wildman–Crippen MR) is 133 cm³/mol. The zero-order chi connectivity index (χ0) is 24.1. The standard InChI is InChI=1S/C25H22N4O4S/c1-3-11-29-24(31)19-8-6-17(12-20(19)28-25(29)34)23(30)27-18-7-9-21(32-2)22(13-18)33-15-16-5-4-10-26-14-16/h3-10,12-14H,1,11,15H2,2H3,(H,27,30)(H,28,34). The van der Waals surface area contributed by atoms with Crippen LogP contribution in [-0.4, -0.2) is 27.6 Å². The zero-order valence-electron chi connectivity index (χ0n) is 18.4. The number of aromatic nitrogens is 3. The van der Waals surface area contributed by atoms with Crippen LogP contribution in [0.4, 0.5) is 5.69 Å². The van der Waals surface area contributed by atoms with Crippen LogP contribution < -0.4 is 20.3 Å². The van der Waals surface area contributed by atoms with E-state index in [1.165, 1.54) is 4.57 Å². The highest BCUT2D eigenvalue weighted by molar-refractivity contribution is 7.71. The lowest BCUT2D eigenvalue weighted by Crippen LogP contribution is -2.22. The van der Waals surface area contributed by atoms with E-state index in [9.17, 15) is 9.59 Å². The van der Waals surface area contributed by atoms with E-state index in [1.807, 2.05) is 12.1 Å². The molecule has 1 amide bonds. The van der Waals surface area contributed by atoms with Crippen molar-refractivity contribution in [2.75, 3.05) is 12.4 Å². The van der Waals surface area contributed by atoms with Crippen LogP contribution in [0.1, 0.15) is 15.9 Å². The molecular formula is C25H22N4O4S. The van der Waals surface area contributed by atoms with E-state index in [0.717, 1.165) is 5.56 Å². The van der Waals surface area contributed by atoms with Crippen molar-refractivity contribution in [3.05, 3.63) is 99.8 Å². The second-order valence-corrected chi connectivity index (χ2v) is 7.75. The monoisotopic (exact) mass is 474 g/mol. The van der Waals surface area contributed by atoms with Crippen LogP contribution in [-0.2, 0) is 13.2 Å². The van der Waals surface area contributed by atoms with Gasteiger partial charge in [0.15, 0.2) is 16.3 Å². The highest BCUT2D eigenvalue weighted by Gasteiger charge is 2.13. The van der Waals surface area contributed by atoms with Gasteiger partial charge in [-0.2, -0.15) is 0 Å². The van der Waals surface area contributed by atoms with E-state index in [-0.39, 0.29) is 16.2 Å². The summed E-state index contributed by atoms with van der Waals surface area (Å²) in [5.74, 6) is 0.672. The molecule has 4 aromatic rings. The van der Waals surface area contributed by atoms with E-state index in [0.29, 0.717) is 46.8 Å². The van der Waals surface area contributed by atoms with Crippen molar-refractivity contribution in [1.29, 1.82) is 0 Å². The van der Waals surface area contributed by atoms with Crippen molar-refractivity contribution in [2.24, 2.45) is 0 Å². The van der Waals surface area contributed by atoms with Crippen molar-refractivity contribution in [2.45, 2.75) is 13.2 Å². The predicted octanol–water partition coefficient (Wildman–Crippen LogP) is 4.48. The maximum absolute atomic E-state index is 12.9. The number of nitrogens with zero attached hydrogens (tertiary/aromatic N) is 2. The van der Waals surface area contributed by atoms with E-state index >= 15 is 0 Å². The maximum Gasteiger partial charge on any atom is 0.262 e. The number of amides is 1. The molecule has 0 radical (unpaired) electrons. The Kier molecular flexibility index (Phi) is 6.84. The average molecular weight is 475 g/mol. The van der Waals surface area contributed by atoms with E-state index < -0.39 is 0 Å². The van der Waals surface area contributed by atoms with Crippen LogP contribution in [0.15, 0.2) is 78.4 Å². The van der Waals surface area contributed by atoms with Crippen molar-refractivity contribution in [1.82, 2.24) is 14.5 Å². The minimum Gasteiger partial charge on any atom is -0.493 e. The van der Waals surface area contributed by atoms with Crippen LogP contribution >= 0.6 is 12.2 Å². The van der Waals surface area contributed by atoms with E-state index in [2.05, 4.69) is 21.9 Å². The van der Waals surface area contributed by atoms with Gasteiger partial charge in [-0.3, -0.25) is 19.1 Å². The molecule has 9 heteroatoms. The minimum atomic E-state index is -0.347. The Hall–Kier alpha value is -4.24. The van der Waals surface area contributed by atoms with Gasteiger partial charge in [0.25, 0.3) is 11.5 Å². The molecule has 0 fully saturated rings. The molecule has 4 rings (SSSR count). The molecule has 2 aromatic heterocycles. The van der Waals surface area contributed by atoms with Crippen LogP contribution in [0, 0.1) is 4.77 Å². The normalized spacial score (nSPS) is 10.6. The molecule has 0 bridgehead atoms. The number of fused-ring (bicyclic) bond motifs is 1. The van der Waals surface area contributed by atoms with Crippen molar-refractivity contribution < 1.29 is 14.3 Å². The number of methoxy groups -OCH3 is 1. The Morgan fingerprint density at radius 3 is 2.82 bits per heavy atom. The number of carbonyl (C=O) groups is 1. The first-order chi connectivity index (χ1) is 16.5. The van der Waals surface area contributed by atoms with Gasteiger partial charge in [0, 0.05) is 41.8 Å². The molecule has 2 N–H and O–H groups in total. The lowest BCUT2D eigenvalue weighted by atomic mass is 10.1. The second kappa shape index (κ2) is 10.1. The number of allylic oxidation sites excluding steroid dienone is 1. The lowest BCUT2D eigenvalue weighted by Gasteiger charge is -2.13. The highest BCUT2D eigenvalue weighted by atomic mass is 32.1. The van der Waals surface area contributed by atoms with E-state index in [4.69, 9.17) is 21.7 Å². The Morgan fingerprint density at radius 1 is 1.24 bits per heavy atom. The first-order valence-electron chi connectivity index (χ1n) is 10.4. The summed E-state index contributed by atoms with van der Waals surface area (Å²) in [4.78, 5) is 32.7. The van der Waals surface area contributed by atoms with Gasteiger partial charge in [-0.1, -0.05) is 12.1 Å². The summed E-state index contributed by atoms with van der Waals surface area (Å²) in [6, 6.07) is 13.7. The van der Waals surface area contributed by atoms with Crippen LogP contribution in [0.5, 0.6) is 11.5 Å². The van der Waals surface area contributed by atoms with Gasteiger partial charge < -0.3 is 19.8 Å². The van der Waals surface area contributed by atoms with E-state index in [1.54, 1.807) is 62.0 Å². The number of pyridine rings is 1. The minimum absolute atomic E-state index is 0.240. The molecule has 34 heavy (non-hydrogen) atoms. The third-order valence-corrected chi connectivity index (χ3v) is 5.42. The van der Waals surface area contributed by atoms with Gasteiger partial charge in [0.2, 0.25) is 0 Å². The first-order valence-corrected chi connectivity index (χ1v) is 10.8. The number of benzene rings is 2. The van der Waals surface area contributed by atoms with Crippen molar-refractivity contribution >= 4 is 34.7 Å². The number of H-pyrrole nitrogens is 1. The molecule has 172 valence electrons. The fraction of sp³-hybridized carbons (Fsp3) is 0.120. The van der Waals surface area contributed by atoms with Gasteiger partial charge in [0.1, 0.15) is 6.61 Å². The van der Waals surface area contributed by atoms with Gasteiger partial charge in [-0.25, -0.2) is 0 Å². The highest BCUT2D eigenvalue weighted by Crippen LogP contribution is 2.31. The van der Waals surface area contributed by atoms with Crippen molar-refractivity contribution in [3.8, 4) is 11.5 Å². The van der Waals surface area contributed by atoms with Crippen LogP contribution in [0.3, 0.4) is 0 Å². The Balaban J connectivity index is 1.57. The van der Waals surface area contributed by atoms with Crippen molar-refractivity contribution in [3.63, 3.8) is 0 Å². The summed E-state index contributed by atoms with van der Waals surface area (Å²) < 4.78 is 12.9. The third kappa shape index (κ3) is 4.89. The zero-order valence-corrected chi connectivity index (χ0v) is 19.2. The number of rotatable bonds is 8. The maximum atomic E-state index is 12.9. The molecule has 2 heterocycles. The smallest absolute Gasteiger partial charge is 0.262 e. The second-order valence-electron chi connectivity index (χ2n) is 7.36. The molecule has 0 aliphatic rings. The Morgan fingerprint density at radius 2 is 2.09 bits per heavy atom. The number of hydrogen-bond donors (Lipinski definition) is 2. The quantitative estimate of drug-likeness (QED) is 0.289. The molecule has 0 aliphatic carbocycles. The van der Waals surface area contributed by atoms with Gasteiger partial charge in [-0.05, 0) is 48.6 Å². The lowest BCUT2D eigenvalue weighted by molar-refractivity contribution is 0.102. The third-order valence-electron chi connectivity index (χ3n) is 5.09. The summed E-state index contributed by atoms with van der Waals surface area (Å²) in [6.45, 7) is 4.25. The largest absolute Gasteiger partial charge is 0.493 e. The van der Waals surface area contributed by atoms with Crippen LogP contribution in [0.25, 0.3) is 10.9 Å². The first kappa shape index (κ1) is 22.9. The van der Waals surface area contributed by atoms with Gasteiger partial charge in [-0.15, -0.1) is 6.58 Å². The number of hydrogen-bond acceptors (Lipinski definition) is 6. The number of ether oxygens (including phenoxy) is 2. The molecule has 0 atom stereocenters. The fourth-order valence-corrected chi connectivity index (χ4v) is 3.67. The summed E-state index contributed by atoms with van der Waals surface area (Å²) >= 11 is 5.27. The molecular weight excluding hydrogens is 452 g/mol. The Labute approximate surface area is 200 Å². The molecule has 0 saturated carbocycles. The summed E-state index contributed by atoms with van der Waals surface area (Å²) in [5.41, 5.74) is 2.04. The summed E-state index contributed by atoms with van der Waals surface area (Å²) in [6.07, 6.45) is 5.01. The average Bonchev–Trinajstić information content (AvgIpc) is 2.85. The number of carbonyl (C=O) groups excluding carboxylic acids is 1. The Bertz CT molecular complexity index is 1480. The molecule has 8 nitrogen and oxygen atoms in total. The molecule has 2 aromatic carbocycles. The summed E-state index contributed by atoms with van der Waals surface area (Å²) in [7, 11) is 1.55. The topological polar surface area (TPSA) is 98.2 Å².